The number of halogens is 1. The maximum Gasteiger partial charge on any atom is 0.344 e. The van der Waals surface area contributed by atoms with Gasteiger partial charge in [0.05, 0.1) is 29.6 Å². The number of nitrogens with one attached hydrogen (secondary N) is 2. The fourth-order valence-electron chi connectivity index (χ4n) is 3.65. The average Bonchev–Trinajstić information content (AvgIpc) is 3.43. The highest BCUT2D eigenvalue weighted by Crippen LogP contribution is 2.36. The summed E-state index contributed by atoms with van der Waals surface area (Å²) in [6.07, 6.45) is 1.49. The Morgan fingerprint density at radius 2 is 1.78 bits per heavy atom. The van der Waals surface area contributed by atoms with Gasteiger partial charge in [-0.3, -0.25) is 4.79 Å². The van der Waals surface area contributed by atoms with Crippen molar-refractivity contribution in [1.29, 1.82) is 0 Å². The van der Waals surface area contributed by atoms with Gasteiger partial charge in [-0.2, -0.15) is 5.10 Å². The largest absolute Gasteiger partial charge is 0.490 e. The molecule has 0 fully saturated rings. The van der Waals surface area contributed by atoms with Gasteiger partial charge in [0.25, 0.3) is 5.91 Å². The van der Waals surface area contributed by atoms with Crippen LogP contribution in [0.15, 0.2) is 75.6 Å². The average molecular weight is 638 g/mol. The number of aryl methyl sites for hydroxylation is 1. The molecule has 1 amide bonds. The van der Waals surface area contributed by atoms with Crippen molar-refractivity contribution in [3.8, 4) is 22.8 Å². The van der Waals surface area contributed by atoms with Crippen LogP contribution in [0.3, 0.4) is 0 Å². The SMILES string of the molecule is CCOC(=O)COc1c(Br)cc(/C=N\NC(=O)c2ccc(-c3csc(Nc4ccc(C)cc4)n3)cc2)cc1OCC. The Morgan fingerprint density at radius 3 is 2.49 bits per heavy atom. The highest BCUT2D eigenvalue weighted by Gasteiger charge is 2.14. The lowest BCUT2D eigenvalue weighted by atomic mass is 10.1. The van der Waals surface area contributed by atoms with Crippen molar-refractivity contribution in [2.45, 2.75) is 20.8 Å². The zero-order chi connectivity index (χ0) is 29.2. The van der Waals surface area contributed by atoms with Crippen molar-refractivity contribution in [2.75, 3.05) is 25.1 Å². The van der Waals surface area contributed by atoms with Crippen molar-refractivity contribution < 1.29 is 23.8 Å². The van der Waals surface area contributed by atoms with Gasteiger partial charge >= 0.3 is 5.97 Å². The molecule has 0 aliphatic rings. The molecule has 0 radical (unpaired) electrons. The van der Waals surface area contributed by atoms with Crippen molar-refractivity contribution >= 4 is 56.2 Å². The highest BCUT2D eigenvalue weighted by atomic mass is 79.9. The van der Waals surface area contributed by atoms with Gasteiger partial charge in [-0.05, 0) is 78.7 Å². The number of rotatable bonds is 12. The van der Waals surface area contributed by atoms with Crippen LogP contribution in [0.4, 0.5) is 10.8 Å². The first-order valence-corrected chi connectivity index (χ1v) is 14.5. The molecular formula is C30H29BrN4O5S. The number of carbonyl (C=O) groups is 2. The summed E-state index contributed by atoms with van der Waals surface area (Å²) in [6.45, 7) is 6.03. The molecule has 3 aromatic carbocycles. The third-order valence-corrected chi connectivity index (χ3v) is 6.95. The maximum absolute atomic E-state index is 12.7. The topological polar surface area (TPSA) is 111 Å². The summed E-state index contributed by atoms with van der Waals surface area (Å²) in [7, 11) is 0. The van der Waals surface area contributed by atoms with E-state index in [0.29, 0.717) is 33.7 Å². The monoisotopic (exact) mass is 636 g/mol. The van der Waals surface area contributed by atoms with Crippen LogP contribution in [0, 0.1) is 6.92 Å². The predicted octanol–water partition coefficient (Wildman–Crippen LogP) is 6.73. The maximum atomic E-state index is 12.7. The van der Waals surface area contributed by atoms with Crippen LogP contribution in [0.1, 0.15) is 35.3 Å². The zero-order valence-electron chi connectivity index (χ0n) is 22.8. The second-order valence-corrected chi connectivity index (χ2v) is 10.4. The van der Waals surface area contributed by atoms with Gasteiger partial charge in [-0.1, -0.05) is 29.8 Å². The van der Waals surface area contributed by atoms with Crippen LogP contribution >= 0.6 is 27.3 Å². The minimum Gasteiger partial charge on any atom is -0.490 e. The second-order valence-electron chi connectivity index (χ2n) is 8.66. The molecule has 0 unspecified atom stereocenters. The molecule has 41 heavy (non-hydrogen) atoms. The Hall–Kier alpha value is -4.22. The molecule has 0 saturated heterocycles. The van der Waals surface area contributed by atoms with Gasteiger partial charge in [-0.25, -0.2) is 15.2 Å². The summed E-state index contributed by atoms with van der Waals surface area (Å²) in [6, 6.07) is 18.7. The van der Waals surface area contributed by atoms with E-state index in [1.807, 2.05) is 55.6 Å². The van der Waals surface area contributed by atoms with E-state index in [1.54, 1.807) is 31.2 Å². The van der Waals surface area contributed by atoms with E-state index in [-0.39, 0.29) is 19.1 Å². The summed E-state index contributed by atoms with van der Waals surface area (Å²) < 4.78 is 16.7. The van der Waals surface area contributed by atoms with Gasteiger partial charge < -0.3 is 19.5 Å². The quantitative estimate of drug-likeness (QED) is 0.101. The molecule has 4 rings (SSSR count). The number of ether oxygens (including phenoxy) is 3. The molecule has 1 heterocycles. The number of nitrogens with zero attached hydrogens (tertiary/aromatic N) is 2. The molecule has 0 aliphatic carbocycles. The number of aromatic nitrogens is 1. The number of amides is 1. The minimum atomic E-state index is -0.477. The summed E-state index contributed by atoms with van der Waals surface area (Å²) >= 11 is 4.96. The molecule has 0 saturated carbocycles. The number of benzene rings is 3. The molecular weight excluding hydrogens is 608 g/mol. The number of anilines is 2. The Balaban J connectivity index is 1.36. The Morgan fingerprint density at radius 1 is 1.02 bits per heavy atom. The van der Waals surface area contributed by atoms with Crippen molar-refractivity contribution in [1.82, 2.24) is 10.4 Å². The van der Waals surface area contributed by atoms with E-state index in [4.69, 9.17) is 14.2 Å². The van der Waals surface area contributed by atoms with Crippen molar-refractivity contribution in [3.63, 3.8) is 0 Å². The van der Waals surface area contributed by atoms with Crippen LogP contribution in [-0.4, -0.2) is 42.9 Å². The number of esters is 1. The summed E-state index contributed by atoms with van der Waals surface area (Å²) in [5.74, 6) is -0.0332. The van der Waals surface area contributed by atoms with Gasteiger partial charge in [0, 0.05) is 22.2 Å². The summed E-state index contributed by atoms with van der Waals surface area (Å²) in [4.78, 5) is 29.0. The van der Waals surface area contributed by atoms with Crippen LogP contribution in [0.25, 0.3) is 11.3 Å². The van der Waals surface area contributed by atoms with E-state index in [2.05, 4.69) is 36.8 Å². The first-order chi connectivity index (χ1) is 19.9. The minimum absolute atomic E-state index is 0.247. The normalized spacial score (nSPS) is 10.8. The molecule has 9 nitrogen and oxygen atoms in total. The molecule has 11 heteroatoms. The Labute approximate surface area is 250 Å². The number of carbonyl (C=O) groups excluding carboxylic acids is 2. The first-order valence-electron chi connectivity index (χ1n) is 12.8. The fraction of sp³-hybridized carbons (Fsp3) is 0.200. The van der Waals surface area contributed by atoms with E-state index < -0.39 is 5.97 Å². The lowest BCUT2D eigenvalue weighted by Gasteiger charge is -2.14. The zero-order valence-corrected chi connectivity index (χ0v) is 25.2. The first kappa shape index (κ1) is 29.8. The predicted molar refractivity (Wildman–Crippen MR) is 165 cm³/mol. The lowest BCUT2D eigenvalue weighted by Crippen LogP contribution is -2.17. The Kier molecular flexibility index (Phi) is 10.5. The van der Waals surface area contributed by atoms with Gasteiger partial charge in [0.15, 0.2) is 23.2 Å². The molecule has 2 N–H and O–H groups in total. The molecule has 212 valence electrons. The Bertz CT molecular complexity index is 1520. The number of hydrogen-bond donors (Lipinski definition) is 2. The standard InChI is InChI=1S/C30H29BrN4O5S/c1-4-38-26-15-20(14-24(31)28(26)40-17-27(36)39-5-2)16-32-35-29(37)22-10-8-21(9-11-22)25-18-41-30(34-25)33-23-12-6-19(3)7-13-23/h6-16,18H,4-5,17H2,1-3H3,(H,33,34)(H,35,37)/b32-16-. The van der Waals surface area contributed by atoms with Crippen LogP contribution < -0.4 is 20.2 Å². The van der Waals surface area contributed by atoms with Crippen LogP contribution in [-0.2, 0) is 9.53 Å². The number of thiazole rings is 1. The molecule has 0 aliphatic heterocycles. The fourth-order valence-corrected chi connectivity index (χ4v) is 4.96. The van der Waals surface area contributed by atoms with E-state index in [9.17, 15) is 9.59 Å². The van der Waals surface area contributed by atoms with E-state index in [1.165, 1.54) is 23.1 Å². The number of hydrogen-bond acceptors (Lipinski definition) is 9. The van der Waals surface area contributed by atoms with E-state index in [0.717, 1.165) is 22.1 Å². The third kappa shape index (κ3) is 8.38. The van der Waals surface area contributed by atoms with Crippen LogP contribution in [0.2, 0.25) is 0 Å². The number of hydrazone groups is 1. The summed E-state index contributed by atoms with van der Waals surface area (Å²) in [5.41, 5.74) is 7.54. The molecule has 0 bridgehead atoms. The van der Waals surface area contributed by atoms with Gasteiger partial charge in [-0.15, -0.1) is 11.3 Å². The van der Waals surface area contributed by atoms with E-state index >= 15 is 0 Å². The third-order valence-electron chi connectivity index (χ3n) is 5.60. The van der Waals surface area contributed by atoms with Gasteiger partial charge in [0.2, 0.25) is 0 Å². The van der Waals surface area contributed by atoms with Crippen LogP contribution in [0.5, 0.6) is 11.5 Å². The molecule has 0 spiro atoms. The second kappa shape index (κ2) is 14.4. The lowest BCUT2D eigenvalue weighted by molar-refractivity contribution is -0.145. The molecule has 0 atom stereocenters. The molecule has 4 aromatic rings. The van der Waals surface area contributed by atoms with Gasteiger partial charge in [0.1, 0.15) is 0 Å². The van der Waals surface area contributed by atoms with Crippen molar-refractivity contribution in [2.24, 2.45) is 5.10 Å². The highest BCUT2D eigenvalue weighted by molar-refractivity contribution is 9.10. The summed E-state index contributed by atoms with van der Waals surface area (Å²) in [5, 5.41) is 10.2. The smallest absolute Gasteiger partial charge is 0.344 e. The molecule has 1 aromatic heterocycles. The van der Waals surface area contributed by atoms with Crippen molar-refractivity contribution in [3.05, 3.63) is 87.2 Å².